The lowest BCUT2D eigenvalue weighted by Gasteiger charge is -2.04. The van der Waals surface area contributed by atoms with E-state index in [4.69, 9.17) is 10.8 Å². The van der Waals surface area contributed by atoms with Gasteiger partial charge in [-0.3, -0.25) is 0 Å². The smallest absolute Gasteiger partial charge is 0.0823 e. The molecule has 68 valence electrons. The predicted molar refractivity (Wildman–Crippen MR) is 51.8 cm³/mol. The van der Waals surface area contributed by atoms with E-state index < -0.39 is 0 Å². The SMILES string of the molecule is N#CC1(c2ccc(N=[N+]=[N-])cc2)CC1. The summed E-state index contributed by atoms with van der Waals surface area (Å²) in [6.07, 6.45) is 1.87. The molecule has 0 spiro atoms. The van der Waals surface area contributed by atoms with E-state index in [1.54, 1.807) is 12.1 Å². The van der Waals surface area contributed by atoms with E-state index in [0.717, 1.165) is 18.4 Å². The molecule has 0 bridgehead atoms. The number of benzene rings is 1. The first kappa shape index (κ1) is 8.61. The van der Waals surface area contributed by atoms with Crippen LogP contribution in [-0.4, -0.2) is 0 Å². The van der Waals surface area contributed by atoms with Crippen LogP contribution in [-0.2, 0) is 5.41 Å². The Bertz CT molecular complexity index is 430. The van der Waals surface area contributed by atoms with Crippen molar-refractivity contribution in [2.45, 2.75) is 18.3 Å². The summed E-state index contributed by atoms with van der Waals surface area (Å²) in [4.78, 5) is 2.69. The van der Waals surface area contributed by atoms with Crippen LogP contribution >= 0.6 is 0 Å². The van der Waals surface area contributed by atoms with Gasteiger partial charge in [-0.2, -0.15) is 5.26 Å². The molecule has 0 heterocycles. The number of nitrogens with zero attached hydrogens (tertiary/aromatic N) is 4. The van der Waals surface area contributed by atoms with Crippen LogP contribution in [0.25, 0.3) is 10.4 Å². The molecule has 0 N–H and O–H groups in total. The first-order valence-corrected chi connectivity index (χ1v) is 4.38. The maximum Gasteiger partial charge on any atom is 0.0823 e. The number of hydrogen-bond donors (Lipinski definition) is 0. The van der Waals surface area contributed by atoms with Gasteiger partial charge in [-0.25, -0.2) is 0 Å². The molecule has 0 aliphatic heterocycles. The molecule has 1 aliphatic carbocycles. The predicted octanol–water partition coefficient (Wildman–Crippen LogP) is 3.18. The van der Waals surface area contributed by atoms with Crippen molar-refractivity contribution in [2.75, 3.05) is 0 Å². The minimum Gasteiger partial charge on any atom is -0.197 e. The summed E-state index contributed by atoms with van der Waals surface area (Å²) in [5.41, 5.74) is 9.57. The Morgan fingerprint density at radius 2 is 2.00 bits per heavy atom. The fraction of sp³-hybridized carbons (Fsp3) is 0.300. The largest absolute Gasteiger partial charge is 0.197 e. The molecule has 1 saturated carbocycles. The first-order chi connectivity index (χ1) is 6.80. The van der Waals surface area contributed by atoms with E-state index in [9.17, 15) is 0 Å². The van der Waals surface area contributed by atoms with E-state index >= 15 is 0 Å². The highest BCUT2D eigenvalue weighted by molar-refractivity contribution is 5.45. The van der Waals surface area contributed by atoms with Gasteiger partial charge in [0.25, 0.3) is 0 Å². The fourth-order valence-corrected chi connectivity index (χ4v) is 1.49. The van der Waals surface area contributed by atoms with Gasteiger partial charge in [0.15, 0.2) is 0 Å². The fourth-order valence-electron chi connectivity index (χ4n) is 1.49. The van der Waals surface area contributed by atoms with Crippen molar-refractivity contribution in [1.82, 2.24) is 0 Å². The van der Waals surface area contributed by atoms with Crippen LogP contribution in [0.2, 0.25) is 0 Å². The zero-order valence-electron chi connectivity index (χ0n) is 7.51. The van der Waals surface area contributed by atoms with E-state index in [-0.39, 0.29) is 5.41 Å². The third-order valence-electron chi connectivity index (χ3n) is 2.54. The highest BCUT2D eigenvalue weighted by Gasteiger charge is 2.44. The third-order valence-corrected chi connectivity index (χ3v) is 2.54. The van der Waals surface area contributed by atoms with Crippen LogP contribution in [0.4, 0.5) is 5.69 Å². The van der Waals surface area contributed by atoms with E-state index in [1.165, 1.54) is 0 Å². The molecule has 1 aromatic rings. The van der Waals surface area contributed by atoms with E-state index in [0.29, 0.717) is 5.69 Å². The van der Waals surface area contributed by atoms with E-state index in [2.05, 4.69) is 16.1 Å². The molecule has 4 heteroatoms. The maximum absolute atomic E-state index is 8.95. The molecular weight excluding hydrogens is 176 g/mol. The molecule has 0 aromatic heterocycles. The van der Waals surface area contributed by atoms with Gasteiger partial charge in [-0.15, -0.1) is 0 Å². The van der Waals surface area contributed by atoms with Gasteiger partial charge in [0.2, 0.25) is 0 Å². The van der Waals surface area contributed by atoms with Crippen molar-refractivity contribution in [1.29, 1.82) is 5.26 Å². The molecule has 0 radical (unpaired) electrons. The minimum atomic E-state index is -0.255. The van der Waals surface area contributed by atoms with Crippen molar-refractivity contribution < 1.29 is 0 Å². The lowest BCUT2D eigenvalue weighted by Crippen LogP contribution is -2.01. The van der Waals surface area contributed by atoms with Gasteiger partial charge in [-0.1, -0.05) is 29.4 Å². The molecule has 1 aromatic carbocycles. The van der Waals surface area contributed by atoms with Gasteiger partial charge in [-0.05, 0) is 23.9 Å². The second-order valence-electron chi connectivity index (χ2n) is 3.43. The molecule has 0 amide bonds. The van der Waals surface area contributed by atoms with Crippen LogP contribution in [0.1, 0.15) is 18.4 Å². The second kappa shape index (κ2) is 3.06. The van der Waals surface area contributed by atoms with Crippen molar-refractivity contribution in [3.05, 3.63) is 40.3 Å². The van der Waals surface area contributed by atoms with Crippen molar-refractivity contribution in [3.63, 3.8) is 0 Å². The van der Waals surface area contributed by atoms with Gasteiger partial charge in [0, 0.05) is 10.6 Å². The first-order valence-electron chi connectivity index (χ1n) is 4.38. The minimum absolute atomic E-state index is 0.255. The van der Waals surface area contributed by atoms with Crippen LogP contribution in [0.3, 0.4) is 0 Å². The third kappa shape index (κ3) is 1.30. The van der Waals surface area contributed by atoms with Crippen molar-refractivity contribution >= 4 is 5.69 Å². The van der Waals surface area contributed by atoms with Crippen LogP contribution in [0.5, 0.6) is 0 Å². The Labute approximate surface area is 81.4 Å². The van der Waals surface area contributed by atoms with E-state index in [1.807, 2.05) is 12.1 Å². The molecule has 14 heavy (non-hydrogen) atoms. The van der Waals surface area contributed by atoms with Gasteiger partial charge >= 0.3 is 0 Å². The highest BCUT2D eigenvalue weighted by Crippen LogP contribution is 2.47. The summed E-state index contributed by atoms with van der Waals surface area (Å²) in [6, 6.07) is 9.52. The zero-order valence-corrected chi connectivity index (χ0v) is 7.51. The Kier molecular flexibility index (Phi) is 1.88. The molecule has 1 aliphatic rings. The summed E-state index contributed by atoms with van der Waals surface area (Å²) in [5, 5.41) is 12.4. The monoisotopic (exact) mass is 184 g/mol. The molecular formula is C10H8N4. The number of azide groups is 1. The Morgan fingerprint density at radius 1 is 1.36 bits per heavy atom. The molecule has 4 nitrogen and oxygen atoms in total. The number of rotatable bonds is 2. The number of hydrogen-bond acceptors (Lipinski definition) is 2. The summed E-state index contributed by atoms with van der Waals surface area (Å²) in [6.45, 7) is 0. The van der Waals surface area contributed by atoms with Gasteiger partial charge in [0.05, 0.1) is 11.5 Å². The normalized spacial score (nSPS) is 16.5. The van der Waals surface area contributed by atoms with Crippen LogP contribution < -0.4 is 0 Å². The quantitative estimate of drug-likeness (QED) is 0.395. The second-order valence-corrected chi connectivity index (χ2v) is 3.43. The molecule has 0 unspecified atom stereocenters. The van der Waals surface area contributed by atoms with Gasteiger partial charge < -0.3 is 0 Å². The summed E-state index contributed by atoms with van der Waals surface area (Å²) in [7, 11) is 0. The average molecular weight is 184 g/mol. The standard InChI is InChI=1S/C10H8N4/c11-7-10(5-6-10)8-1-3-9(4-2-8)13-14-12/h1-4H,5-6H2. The highest BCUT2D eigenvalue weighted by atomic mass is 15.1. The average Bonchev–Trinajstić information content (AvgIpc) is 3.00. The van der Waals surface area contributed by atoms with Crippen molar-refractivity contribution in [2.24, 2.45) is 5.11 Å². The number of nitriles is 1. The maximum atomic E-state index is 8.95. The Hall–Kier alpha value is -1.98. The lowest BCUT2D eigenvalue weighted by atomic mass is 9.98. The van der Waals surface area contributed by atoms with Crippen molar-refractivity contribution in [3.8, 4) is 6.07 Å². The van der Waals surface area contributed by atoms with Gasteiger partial charge in [0.1, 0.15) is 0 Å². The van der Waals surface area contributed by atoms with Crippen LogP contribution in [0, 0.1) is 11.3 Å². The summed E-state index contributed by atoms with van der Waals surface area (Å²) < 4.78 is 0. The molecule has 1 fully saturated rings. The topological polar surface area (TPSA) is 72.5 Å². The summed E-state index contributed by atoms with van der Waals surface area (Å²) >= 11 is 0. The molecule has 0 saturated heterocycles. The van der Waals surface area contributed by atoms with Crippen LogP contribution in [0.15, 0.2) is 29.4 Å². The Balaban J connectivity index is 2.32. The molecule has 0 atom stereocenters. The Morgan fingerprint density at radius 3 is 2.43 bits per heavy atom. The molecule has 2 rings (SSSR count). The lowest BCUT2D eigenvalue weighted by molar-refractivity contribution is 0.908. The summed E-state index contributed by atoms with van der Waals surface area (Å²) in [5.74, 6) is 0. The zero-order chi connectivity index (χ0) is 10.0.